The third kappa shape index (κ3) is 4.56. The standard InChI is InChI=1S/C28H24ClFN4O4/c1-36-18-10-8-16(23(13-18)37-2)14-32-27-26(28(35)38-3)33-24-15-31-25(19-6-4-5-7-21(19)30)20-12-17(29)9-11-22(20)34(24)27/h4-13,32H,14-15H2,1-3H3. The number of nitrogens with zero attached hydrogens (tertiary/aromatic N) is 3. The van der Waals surface area contributed by atoms with Gasteiger partial charge in [0.15, 0.2) is 5.69 Å². The maximum absolute atomic E-state index is 14.9. The van der Waals surface area contributed by atoms with Gasteiger partial charge in [-0.3, -0.25) is 9.56 Å². The molecule has 8 nitrogen and oxygen atoms in total. The zero-order valence-electron chi connectivity index (χ0n) is 20.9. The second-order valence-electron chi connectivity index (χ2n) is 8.39. The van der Waals surface area contributed by atoms with Crippen LogP contribution in [0.15, 0.2) is 65.7 Å². The minimum absolute atomic E-state index is 0.0908. The molecule has 38 heavy (non-hydrogen) atoms. The summed E-state index contributed by atoms with van der Waals surface area (Å²) in [5.41, 5.74) is 2.94. The summed E-state index contributed by atoms with van der Waals surface area (Å²) in [6.07, 6.45) is 0. The fourth-order valence-electron chi connectivity index (χ4n) is 4.42. The van der Waals surface area contributed by atoms with E-state index in [9.17, 15) is 9.18 Å². The average Bonchev–Trinajstić information content (AvgIpc) is 3.22. The molecule has 0 saturated heterocycles. The predicted molar refractivity (Wildman–Crippen MR) is 143 cm³/mol. The Morgan fingerprint density at radius 3 is 2.61 bits per heavy atom. The maximum atomic E-state index is 14.9. The number of imidazole rings is 1. The summed E-state index contributed by atoms with van der Waals surface area (Å²) >= 11 is 6.38. The number of esters is 1. The summed E-state index contributed by atoms with van der Waals surface area (Å²) in [5, 5.41) is 3.80. The summed E-state index contributed by atoms with van der Waals surface area (Å²) in [4.78, 5) is 22.0. The Bertz CT molecular complexity index is 1570. The Morgan fingerprint density at radius 1 is 1.05 bits per heavy atom. The molecule has 0 unspecified atom stereocenters. The van der Waals surface area contributed by atoms with E-state index in [1.54, 1.807) is 61.3 Å². The lowest BCUT2D eigenvalue weighted by atomic mass is 10.00. The number of carbonyl (C=O) groups is 1. The van der Waals surface area contributed by atoms with Crippen LogP contribution in [0, 0.1) is 5.82 Å². The van der Waals surface area contributed by atoms with E-state index in [4.69, 9.17) is 30.8 Å². The second kappa shape index (κ2) is 10.5. The summed E-state index contributed by atoms with van der Waals surface area (Å²) < 4.78 is 32.5. The highest BCUT2D eigenvalue weighted by Gasteiger charge is 2.29. The van der Waals surface area contributed by atoms with Gasteiger partial charge >= 0.3 is 5.97 Å². The first-order valence-electron chi connectivity index (χ1n) is 11.7. The number of nitrogens with one attached hydrogen (secondary N) is 1. The minimum atomic E-state index is -0.608. The van der Waals surface area contributed by atoms with Crippen LogP contribution in [0.25, 0.3) is 5.69 Å². The first-order valence-corrected chi connectivity index (χ1v) is 12.1. The number of hydrogen-bond acceptors (Lipinski definition) is 7. The van der Waals surface area contributed by atoms with Crippen molar-refractivity contribution in [3.63, 3.8) is 0 Å². The van der Waals surface area contributed by atoms with E-state index in [0.29, 0.717) is 57.2 Å². The van der Waals surface area contributed by atoms with Gasteiger partial charge in [-0.2, -0.15) is 0 Å². The van der Waals surface area contributed by atoms with Gasteiger partial charge in [0.1, 0.15) is 29.0 Å². The second-order valence-corrected chi connectivity index (χ2v) is 8.83. The molecule has 10 heteroatoms. The van der Waals surface area contributed by atoms with Gasteiger partial charge in [0.2, 0.25) is 0 Å². The van der Waals surface area contributed by atoms with Gasteiger partial charge in [-0.05, 0) is 42.5 Å². The van der Waals surface area contributed by atoms with Crippen molar-refractivity contribution in [3.8, 4) is 17.2 Å². The van der Waals surface area contributed by atoms with Crippen molar-refractivity contribution in [2.24, 2.45) is 4.99 Å². The Hall–Kier alpha value is -4.37. The molecular formula is C28H24ClFN4O4. The van der Waals surface area contributed by atoms with Gasteiger partial charge in [-0.15, -0.1) is 0 Å². The van der Waals surface area contributed by atoms with E-state index in [0.717, 1.165) is 5.56 Å². The van der Waals surface area contributed by atoms with Crippen molar-refractivity contribution >= 4 is 29.1 Å². The third-order valence-corrected chi connectivity index (χ3v) is 6.46. The SMILES string of the molecule is COC(=O)c1nc2n(c1NCc1ccc(OC)cc1OC)-c1ccc(Cl)cc1C(c1ccccc1F)=NC2. The molecule has 1 aliphatic heterocycles. The quantitative estimate of drug-likeness (QED) is 0.318. The third-order valence-electron chi connectivity index (χ3n) is 6.23. The monoisotopic (exact) mass is 534 g/mol. The van der Waals surface area contributed by atoms with Crippen LogP contribution >= 0.6 is 11.6 Å². The van der Waals surface area contributed by atoms with Crippen LogP contribution in [0.5, 0.6) is 11.5 Å². The van der Waals surface area contributed by atoms with Crippen LogP contribution in [0.1, 0.15) is 33.0 Å². The maximum Gasteiger partial charge on any atom is 0.360 e. The first kappa shape index (κ1) is 25.3. The summed E-state index contributed by atoms with van der Waals surface area (Å²) in [6.45, 7) is 0.389. The summed E-state index contributed by atoms with van der Waals surface area (Å²) in [7, 11) is 4.45. The highest BCUT2D eigenvalue weighted by molar-refractivity contribution is 6.31. The van der Waals surface area contributed by atoms with Crippen LogP contribution < -0.4 is 14.8 Å². The molecule has 3 aromatic carbocycles. The molecule has 0 saturated carbocycles. The first-order chi connectivity index (χ1) is 18.4. The molecule has 0 radical (unpaired) electrons. The Labute approximate surface area is 223 Å². The van der Waals surface area contributed by atoms with Crippen LogP contribution in [0.3, 0.4) is 0 Å². The number of anilines is 1. The highest BCUT2D eigenvalue weighted by Crippen LogP contribution is 2.34. The number of aromatic nitrogens is 2. The van der Waals surface area contributed by atoms with Crippen molar-refractivity contribution in [2.75, 3.05) is 26.6 Å². The largest absolute Gasteiger partial charge is 0.497 e. The number of hydrogen-bond donors (Lipinski definition) is 1. The molecule has 4 aromatic rings. The molecule has 0 atom stereocenters. The van der Waals surface area contributed by atoms with E-state index in [2.05, 4.69) is 10.3 Å². The number of methoxy groups -OCH3 is 3. The van der Waals surface area contributed by atoms with Crippen molar-refractivity contribution in [3.05, 3.63) is 99.7 Å². The van der Waals surface area contributed by atoms with Crippen molar-refractivity contribution in [1.29, 1.82) is 0 Å². The van der Waals surface area contributed by atoms with Gasteiger partial charge in [-0.1, -0.05) is 23.7 Å². The molecule has 5 rings (SSSR count). The summed E-state index contributed by atoms with van der Waals surface area (Å²) in [6, 6.07) is 17.1. The number of halogens is 2. The fourth-order valence-corrected chi connectivity index (χ4v) is 4.59. The number of carbonyl (C=O) groups excluding carboxylic acids is 1. The molecule has 194 valence electrons. The molecule has 2 heterocycles. The molecule has 0 bridgehead atoms. The van der Waals surface area contributed by atoms with E-state index < -0.39 is 11.8 Å². The Balaban J connectivity index is 1.65. The smallest absolute Gasteiger partial charge is 0.360 e. The zero-order chi connectivity index (χ0) is 26.8. The van der Waals surface area contributed by atoms with Gasteiger partial charge in [0.25, 0.3) is 0 Å². The topological polar surface area (TPSA) is 87.0 Å². The molecule has 0 fully saturated rings. The van der Waals surface area contributed by atoms with Gasteiger partial charge in [0.05, 0.1) is 39.3 Å². The van der Waals surface area contributed by atoms with Crippen LogP contribution in [0.2, 0.25) is 5.02 Å². The molecule has 0 amide bonds. The summed E-state index contributed by atoms with van der Waals surface area (Å²) in [5.74, 6) is 1.13. The number of rotatable bonds is 7. The lowest BCUT2D eigenvalue weighted by Crippen LogP contribution is -2.14. The Morgan fingerprint density at radius 2 is 1.87 bits per heavy atom. The molecule has 1 aromatic heterocycles. The molecule has 1 N–H and O–H groups in total. The van der Waals surface area contributed by atoms with Gasteiger partial charge in [0, 0.05) is 34.3 Å². The molecule has 0 aliphatic carbocycles. The molecular weight excluding hydrogens is 511 g/mol. The van der Waals surface area contributed by atoms with Crippen molar-refractivity contribution in [2.45, 2.75) is 13.1 Å². The fraction of sp³-hybridized carbons (Fsp3) is 0.179. The average molecular weight is 535 g/mol. The zero-order valence-corrected chi connectivity index (χ0v) is 21.7. The lowest BCUT2D eigenvalue weighted by Gasteiger charge is -2.17. The highest BCUT2D eigenvalue weighted by atomic mass is 35.5. The number of benzene rings is 3. The number of fused-ring (bicyclic) bond motifs is 3. The van der Waals surface area contributed by atoms with Crippen LogP contribution in [-0.2, 0) is 17.8 Å². The lowest BCUT2D eigenvalue weighted by molar-refractivity contribution is 0.0595. The normalized spacial score (nSPS) is 12.1. The van der Waals surface area contributed by atoms with Crippen LogP contribution in [0.4, 0.5) is 10.2 Å². The molecule has 1 aliphatic rings. The van der Waals surface area contributed by atoms with Gasteiger partial charge < -0.3 is 19.5 Å². The Kier molecular flexibility index (Phi) is 7.02. The minimum Gasteiger partial charge on any atom is -0.497 e. The van der Waals surface area contributed by atoms with E-state index in [1.165, 1.54) is 13.2 Å². The van der Waals surface area contributed by atoms with Gasteiger partial charge in [-0.25, -0.2) is 14.2 Å². The number of ether oxygens (including phenoxy) is 3. The van der Waals surface area contributed by atoms with E-state index in [1.807, 2.05) is 12.1 Å². The van der Waals surface area contributed by atoms with E-state index >= 15 is 0 Å². The van der Waals surface area contributed by atoms with Crippen molar-refractivity contribution < 1.29 is 23.4 Å². The predicted octanol–water partition coefficient (Wildman–Crippen LogP) is 5.43. The molecule has 0 spiro atoms. The van der Waals surface area contributed by atoms with Crippen molar-refractivity contribution in [1.82, 2.24) is 9.55 Å². The number of aliphatic imine (C=N–C) groups is 1. The van der Waals surface area contributed by atoms with E-state index in [-0.39, 0.29) is 12.2 Å². The van der Waals surface area contributed by atoms with Crippen LogP contribution in [-0.4, -0.2) is 42.6 Å².